The van der Waals surface area contributed by atoms with Gasteiger partial charge in [0, 0.05) is 23.3 Å². The van der Waals surface area contributed by atoms with Crippen LogP contribution in [-0.2, 0) is 0 Å². The van der Waals surface area contributed by atoms with E-state index in [2.05, 4.69) is 16.4 Å². The minimum absolute atomic E-state index is 0.0856. The van der Waals surface area contributed by atoms with Gasteiger partial charge in [0.05, 0.1) is 18.2 Å². The van der Waals surface area contributed by atoms with Gasteiger partial charge >= 0.3 is 0 Å². The number of nitro benzene ring substituents is 1. The molecule has 2 rings (SSSR count). The van der Waals surface area contributed by atoms with Gasteiger partial charge in [-0.25, -0.2) is 5.43 Å². The van der Waals surface area contributed by atoms with E-state index < -0.39 is 10.8 Å². The molecule has 0 aliphatic carbocycles. The summed E-state index contributed by atoms with van der Waals surface area (Å²) in [5.74, 6) is 2.92. The summed E-state index contributed by atoms with van der Waals surface area (Å²) >= 11 is 0. The van der Waals surface area contributed by atoms with Gasteiger partial charge in [-0.2, -0.15) is 5.10 Å². The second-order valence-corrected chi connectivity index (χ2v) is 4.90. The zero-order valence-electron chi connectivity index (χ0n) is 13.8. The number of nitrogens with zero attached hydrogens (tertiary/aromatic N) is 2. The minimum Gasteiger partial charge on any atom is -0.497 e. The number of non-ortho nitro benzene ring substituents is 1. The number of rotatable bonds is 7. The summed E-state index contributed by atoms with van der Waals surface area (Å²) in [5.41, 5.74) is 3.04. The van der Waals surface area contributed by atoms with E-state index in [-0.39, 0.29) is 17.9 Å². The number of carbonyl (C=O) groups excluding carboxylic acids is 1. The number of hydrogen-bond donors (Lipinski definition) is 1. The van der Waals surface area contributed by atoms with Crippen molar-refractivity contribution in [3.8, 4) is 23.8 Å². The summed E-state index contributed by atoms with van der Waals surface area (Å²) in [4.78, 5) is 22.1. The van der Waals surface area contributed by atoms with Gasteiger partial charge in [0.2, 0.25) is 0 Å². The Morgan fingerprint density at radius 3 is 2.69 bits per heavy atom. The molecule has 0 heterocycles. The summed E-state index contributed by atoms with van der Waals surface area (Å²) in [7, 11) is 1.52. The number of hydrazone groups is 1. The van der Waals surface area contributed by atoms with Crippen LogP contribution in [0.15, 0.2) is 47.6 Å². The first-order valence-electron chi connectivity index (χ1n) is 7.37. The summed E-state index contributed by atoms with van der Waals surface area (Å²) in [6, 6.07) is 10.2. The fourth-order valence-electron chi connectivity index (χ4n) is 1.96. The van der Waals surface area contributed by atoms with Crippen LogP contribution in [0.3, 0.4) is 0 Å². The summed E-state index contributed by atoms with van der Waals surface area (Å²) in [6.45, 7) is 0.0856. The van der Waals surface area contributed by atoms with E-state index in [1.54, 1.807) is 18.2 Å². The molecule has 132 valence electrons. The molecule has 1 N–H and O–H groups in total. The molecule has 0 aliphatic heterocycles. The van der Waals surface area contributed by atoms with E-state index >= 15 is 0 Å². The lowest BCUT2D eigenvalue weighted by molar-refractivity contribution is -0.384. The standard InChI is InChI=1S/C18H15N3O5/c1-3-10-26-17-9-8-16(25-2)11-14(17)12-19-20-18(22)13-4-6-15(7-5-13)21(23)24/h1,4-9,11-12H,10H2,2H3,(H,20,22)/b19-12+. The molecule has 0 atom stereocenters. The Balaban J connectivity index is 2.10. The largest absolute Gasteiger partial charge is 0.497 e. The third kappa shape index (κ3) is 4.82. The number of nitro groups is 1. The van der Waals surface area contributed by atoms with E-state index in [9.17, 15) is 14.9 Å². The predicted molar refractivity (Wildman–Crippen MR) is 95.5 cm³/mol. The first-order chi connectivity index (χ1) is 12.5. The lowest BCUT2D eigenvalue weighted by Crippen LogP contribution is -2.17. The molecule has 0 spiro atoms. The number of methoxy groups -OCH3 is 1. The number of hydrogen-bond acceptors (Lipinski definition) is 6. The summed E-state index contributed by atoms with van der Waals surface area (Å²) in [6.07, 6.45) is 6.57. The molecule has 8 nitrogen and oxygen atoms in total. The quantitative estimate of drug-likeness (QED) is 0.356. The second kappa shape index (κ2) is 8.84. The highest BCUT2D eigenvalue weighted by atomic mass is 16.6. The Kier molecular flexibility index (Phi) is 6.28. The highest BCUT2D eigenvalue weighted by Crippen LogP contribution is 2.22. The number of terminal acetylenes is 1. The van der Waals surface area contributed by atoms with Crippen molar-refractivity contribution in [2.45, 2.75) is 0 Å². The zero-order chi connectivity index (χ0) is 18.9. The highest BCUT2D eigenvalue weighted by molar-refractivity contribution is 5.95. The van der Waals surface area contributed by atoms with Gasteiger partial charge in [-0.15, -0.1) is 6.42 Å². The van der Waals surface area contributed by atoms with E-state index in [0.29, 0.717) is 17.1 Å². The second-order valence-electron chi connectivity index (χ2n) is 4.90. The molecular weight excluding hydrogens is 338 g/mol. The maximum atomic E-state index is 12.0. The van der Waals surface area contributed by atoms with E-state index in [0.717, 1.165) is 0 Å². The van der Waals surface area contributed by atoms with Crippen molar-refractivity contribution in [1.82, 2.24) is 5.43 Å². The van der Waals surface area contributed by atoms with Crippen molar-refractivity contribution in [2.24, 2.45) is 5.10 Å². The molecule has 0 aromatic heterocycles. The molecule has 0 unspecified atom stereocenters. The Hall–Kier alpha value is -3.86. The average molecular weight is 353 g/mol. The number of amides is 1. The fourth-order valence-corrected chi connectivity index (χ4v) is 1.96. The first-order valence-corrected chi connectivity index (χ1v) is 7.37. The van der Waals surface area contributed by atoms with Crippen LogP contribution in [0, 0.1) is 22.5 Å². The molecule has 0 saturated carbocycles. The van der Waals surface area contributed by atoms with Gasteiger partial charge in [-0.05, 0) is 30.3 Å². The SMILES string of the molecule is C#CCOc1ccc(OC)cc1/C=N/NC(=O)c1ccc([N+](=O)[O-])cc1. The fraction of sp³-hybridized carbons (Fsp3) is 0.111. The first kappa shape index (κ1) is 18.5. The van der Waals surface area contributed by atoms with Crippen LogP contribution in [0.4, 0.5) is 5.69 Å². The molecule has 26 heavy (non-hydrogen) atoms. The van der Waals surface area contributed by atoms with E-state index in [4.69, 9.17) is 15.9 Å². The van der Waals surface area contributed by atoms with Crippen molar-refractivity contribution in [3.63, 3.8) is 0 Å². The van der Waals surface area contributed by atoms with Crippen LogP contribution < -0.4 is 14.9 Å². The summed E-state index contributed by atoms with van der Waals surface area (Å²) in [5, 5.41) is 14.5. The molecule has 0 bridgehead atoms. The average Bonchev–Trinajstić information content (AvgIpc) is 2.66. The van der Waals surface area contributed by atoms with Gasteiger partial charge < -0.3 is 9.47 Å². The van der Waals surface area contributed by atoms with Crippen LogP contribution in [-0.4, -0.2) is 30.8 Å². The topological polar surface area (TPSA) is 103 Å². The molecule has 2 aromatic rings. The van der Waals surface area contributed by atoms with Gasteiger partial charge in [0.1, 0.15) is 18.1 Å². The molecular formula is C18H15N3O5. The third-order valence-electron chi connectivity index (χ3n) is 3.24. The van der Waals surface area contributed by atoms with Crippen molar-refractivity contribution in [2.75, 3.05) is 13.7 Å². The van der Waals surface area contributed by atoms with Crippen LogP contribution in [0.5, 0.6) is 11.5 Å². The third-order valence-corrected chi connectivity index (χ3v) is 3.24. The van der Waals surface area contributed by atoms with Crippen molar-refractivity contribution >= 4 is 17.8 Å². The Bertz CT molecular complexity index is 869. The van der Waals surface area contributed by atoms with Crippen LogP contribution >= 0.6 is 0 Å². The zero-order valence-corrected chi connectivity index (χ0v) is 13.8. The maximum Gasteiger partial charge on any atom is 0.271 e. The van der Waals surface area contributed by atoms with E-state index in [1.165, 1.54) is 37.6 Å². The number of ether oxygens (including phenoxy) is 2. The molecule has 0 radical (unpaired) electrons. The van der Waals surface area contributed by atoms with Gasteiger partial charge in [0.15, 0.2) is 0 Å². The molecule has 2 aromatic carbocycles. The maximum absolute atomic E-state index is 12.0. The van der Waals surface area contributed by atoms with Crippen molar-refractivity contribution in [1.29, 1.82) is 0 Å². The molecule has 0 fully saturated rings. The Morgan fingerprint density at radius 2 is 2.08 bits per heavy atom. The molecule has 8 heteroatoms. The predicted octanol–water partition coefficient (Wildman–Crippen LogP) is 2.38. The lowest BCUT2D eigenvalue weighted by Gasteiger charge is -2.08. The molecule has 0 aliphatic rings. The van der Waals surface area contributed by atoms with Crippen LogP contribution in [0.2, 0.25) is 0 Å². The monoisotopic (exact) mass is 353 g/mol. The van der Waals surface area contributed by atoms with Crippen LogP contribution in [0.25, 0.3) is 0 Å². The van der Waals surface area contributed by atoms with Gasteiger partial charge in [0.25, 0.3) is 11.6 Å². The molecule has 0 saturated heterocycles. The summed E-state index contributed by atoms with van der Waals surface area (Å²) < 4.78 is 10.5. The smallest absolute Gasteiger partial charge is 0.271 e. The van der Waals surface area contributed by atoms with Crippen molar-refractivity contribution < 1.29 is 19.2 Å². The molecule has 1 amide bonds. The van der Waals surface area contributed by atoms with Crippen molar-refractivity contribution in [3.05, 3.63) is 63.7 Å². The van der Waals surface area contributed by atoms with E-state index in [1.807, 2.05) is 0 Å². The van der Waals surface area contributed by atoms with Gasteiger partial charge in [-0.1, -0.05) is 5.92 Å². The van der Waals surface area contributed by atoms with Gasteiger partial charge in [-0.3, -0.25) is 14.9 Å². The van der Waals surface area contributed by atoms with Crippen LogP contribution in [0.1, 0.15) is 15.9 Å². The highest BCUT2D eigenvalue weighted by Gasteiger charge is 2.09. The number of carbonyl (C=O) groups is 1. The lowest BCUT2D eigenvalue weighted by atomic mass is 10.2. The Morgan fingerprint density at radius 1 is 1.35 bits per heavy atom. The minimum atomic E-state index is -0.541. The number of benzene rings is 2. The number of nitrogens with one attached hydrogen (secondary N) is 1. The Labute approximate surface area is 149 Å². The normalized spacial score (nSPS) is 10.2.